The van der Waals surface area contributed by atoms with Gasteiger partial charge >= 0.3 is 6.03 Å². The number of anilines is 1. The molecule has 8 nitrogen and oxygen atoms in total. The van der Waals surface area contributed by atoms with Gasteiger partial charge in [0.05, 0.1) is 16.5 Å². The van der Waals surface area contributed by atoms with Gasteiger partial charge in [0, 0.05) is 28.0 Å². The molecule has 1 unspecified atom stereocenters. The van der Waals surface area contributed by atoms with Crippen molar-refractivity contribution in [3.63, 3.8) is 0 Å². The molecule has 1 atom stereocenters. The number of rotatable bonds is 4. The fraction of sp³-hybridized carbons (Fsp3) is 0.111. The minimum atomic E-state index is -0.727. The lowest BCUT2D eigenvalue weighted by Crippen LogP contribution is -2.45. The smallest absolute Gasteiger partial charge is 0.319 e. The zero-order valence-corrected chi connectivity index (χ0v) is 15.7. The van der Waals surface area contributed by atoms with Crippen LogP contribution in [0.4, 0.5) is 16.2 Å². The number of benzene rings is 2. The van der Waals surface area contributed by atoms with Gasteiger partial charge in [-0.25, -0.2) is 4.79 Å². The molecule has 0 radical (unpaired) electrons. The Morgan fingerprint density at radius 2 is 1.78 bits per heavy atom. The summed E-state index contributed by atoms with van der Waals surface area (Å²) in [5.74, 6) is -0.384. The standard InChI is InChI=1S/C18H15BrN4O4/c1-10-15(17(24)21-13-6-4-12(19)5-7-13)16(22-18(25)20-10)11-2-8-14(9-3-11)23(26)27/h2-9,16H,1H3,(H,21,24)(H2,20,22,25). The third kappa shape index (κ3) is 4.14. The molecular weight excluding hydrogens is 416 g/mol. The van der Waals surface area contributed by atoms with E-state index in [1.165, 1.54) is 24.3 Å². The van der Waals surface area contributed by atoms with Gasteiger partial charge in [-0.3, -0.25) is 14.9 Å². The summed E-state index contributed by atoms with van der Waals surface area (Å²) >= 11 is 3.33. The van der Waals surface area contributed by atoms with E-state index < -0.39 is 17.0 Å². The lowest BCUT2D eigenvalue weighted by molar-refractivity contribution is -0.384. The van der Waals surface area contributed by atoms with Gasteiger partial charge in [0.1, 0.15) is 0 Å². The highest BCUT2D eigenvalue weighted by atomic mass is 79.9. The first-order valence-electron chi connectivity index (χ1n) is 7.94. The molecule has 0 aliphatic carbocycles. The van der Waals surface area contributed by atoms with E-state index in [0.29, 0.717) is 22.5 Å². The second-order valence-corrected chi connectivity index (χ2v) is 6.80. The zero-order chi connectivity index (χ0) is 19.6. The van der Waals surface area contributed by atoms with Gasteiger partial charge in [-0.15, -0.1) is 0 Å². The molecule has 0 saturated heterocycles. The van der Waals surface area contributed by atoms with Gasteiger partial charge in [0.25, 0.3) is 11.6 Å². The number of halogens is 1. The fourth-order valence-electron chi connectivity index (χ4n) is 2.77. The van der Waals surface area contributed by atoms with Crippen molar-refractivity contribution in [1.29, 1.82) is 0 Å². The molecule has 0 spiro atoms. The van der Waals surface area contributed by atoms with Crippen LogP contribution in [0.3, 0.4) is 0 Å². The number of non-ortho nitro benzene ring substituents is 1. The molecule has 3 amide bonds. The predicted molar refractivity (Wildman–Crippen MR) is 103 cm³/mol. The Morgan fingerprint density at radius 3 is 2.37 bits per heavy atom. The highest BCUT2D eigenvalue weighted by Crippen LogP contribution is 2.29. The number of carbonyl (C=O) groups is 2. The van der Waals surface area contributed by atoms with E-state index in [0.717, 1.165) is 4.47 Å². The van der Waals surface area contributed by atoms with E-state index in [4.69, 9.17) is 0 Å². The van der Waals surface area contributed by atoms with Gasteiger partial charge in [-0.2, -0.15) is 0 Å². The molecule has 1 heterocycles. The van der Waals surface area contributed by atoms with Crippen LogP contribution in [0.15, 0.2) is 64.3 Å². The average Bonchev–Trinajstić information content (AvgIpc) is 2.63. The molecule has 0 saturated carbocycles. The number of hydrogen-bond donors (Lipinski definition) is 3. The average molecular weight is 431 g/mol. The van der Waals surface area contributed by atoms with Crippen LogP contribution in [0.25, 0.3) is 0 Å². The Morgan fingerprint density at radius 1 is 1.15 bits per heavy atom. The molecule has 3 rings (SSSR count). The van der Waals surface area contributed by atoms with Crippen molar-refractivity contribution in [1.82, 2.24) is 10.6 Å². The van der Waals surface area contributed by atoms with Crippen LogP contribution < -0.4 is 16.0 Å². The van der Waals surface area contributed by atoms with E-state index in [1.807, 2.05) is 0 Å². The van der Waals surface area contributed by atoms with E-state index in [1.54, 1.807) is 31.2 Å². The van der Waals surface area contributed by atoms with E-state index in [9.17, 15) is 19.7 Å². The van der Waals surface area contributed by atoms with Gasteiger partial charge < -0.3 is 16.0 Å². The number of nitro groups is 1. The number of nitrogens with one attached hydrogen (secondary N) is 3. The molecule has 0 aromatic heterocycles. The molecule has 1 aliphatic rings. The Hall–Kier alpha value is -3.20. The monoisotopic (exact) mass is 430 g/mol. The van der Waals surface area contributed by atoms with Crippen molar-refractivity contribution < 1.29 is 14.5 Å². The Balaban J connectivity index is 1.92. The SMILES string of the molecule is CC1=C(C(=O)Nc2ccc(Br)cc2)C(c2ccc([N+](=O)[O-])cc2)NC(=O)N1. The molecule has 138 valence electrons. The van der Waals surface area contributed by atoms with Crippen molar-refractivity contribution in [3.8, 4) is 0 Å². The molecule has 2 aromatic rings. The van der Waals surface area contributed by atoms with Crippen molar-refractivity contribution in [2.24, 2.45) is 0 Å². The summed E-state index contributed by atoms with van der Waals surface area (Å²) in [6.45, 7) is 1.63. The Bertz CT molecular complexity index is 939. The number of urea groups is 1. The fourth-order valence-corrected chi connectivity index (χ4v) is 3.03. The summed E-state index contributed by atoms with van der Waals surface area (Å²) in [6.07, 6.45) is 0. The van der Waals surface area contributed by atoms with Crippen LogP contribution >= 0.6 is 15.9 Å². The highest BCUT2D eigenvalue weighted by molar-refractivity contribution is 9.10. The molecule has 9 heteroatoms. The molecule has 27 heavy (non-hydrogen) atoms. The van der Waals surface area contributed by atoms with Gasteiger partial charge in [0.2, 0.25) is 0 Å². The number of nitrogens with zero attached hydrogens (tertiary/aromatic N) is 1. The molecule has 0 bridgehead atoms. The zero-order valence-electron chi connectivity index (χ0n) is 14.2. The van der Waals surface area contributed by atoms with Crippen LogP contribution in [0, 0.1) is 10.1 Å². The first-order chi connectivity index (χ1) is 12.8. The second kappa shape index (κ2) is 7.58. The third-order valence-electron chi connectivity index (χ3n) is 4.05. The van der Waals surface area contributed by atoms with Crippen molar-refractivity contribution in [3.05, 3.63) is 80.0 Å². The summed E-state index contributed by atoms with van der Waals surface area (Å²) in [5.41, 5.74) is 1.84. The number of amides is 3. The lowest BCUT2D eigenvalue weighted by atomic mass is 9.94. The number of hydrogen-bond acceptors (Lipinski definition) is 4. The summed E-state index contributed by atoms with van der Waals surface area (Å²) < 4.78 is 0.881. The highest BCUT2D eigenvalue weighted by Gasteiger charge is 2.31. The van der Waals surface area contributed by atoms with E-state index in [2.05, 4.69) is 31.9 Å². The van der Waals surface area contributed by atoms with Crippen molar-refractivity contribution >= 4 is 39.2 Å². The Labute approximate surface area is 162 Å². The summed E-state index contributed by atoms with van der Waals surface area (Å²) in [7, 11) is 0. The maximum atomic E-state index is 12.8. The summed E-state index contributed by atoms with van der Waals surface area (Å²) in [6, 6.07) is 11.6. The summed E-state index contributed by atoms with van der Waals surface area (Å²) in [5, 5.41) is 18.9. The second-order valence-electron chi connectivity index (χ2n) is 5.88. The Kier molecular flexibility index (Phi) is 5.22. The largest absolute Gasteiger partial charge is 0.327 e. The minimum Gasteiger partial charge on any atom is -0.327 e. The van der Waals surface area contributed by atoms with Crippen LogP contribution in [0.2, 0.25) is 0 Å². The lowest BCUT2D eigenvalue weighted by Gasteiger charge is -2.28. The van der Waals surface area contributed by atoms with Gasteiger partial charge in [0.15, 0.2) is 0 Å². The maximum absolute atomic E-state index is 12.8. The number of allylic oxidation sites excluding steroid dienone is 1. The van der Waals surface area contributed by atoms with Gasteiger partial charge in [-0.1, -0.05) is 15.9 Å². The normalized spacial score (nSPS) is 16.4. The van der Waals surface area contributed by atoms with Crippen LogP contribution in [0.1, 0.15) is 18.5 Å². The molecule has 2 aromatic carbocycles. The third-order valence-corrected chi connectivity index (χ3v) is 4.58. The number of nitro benzene ring substituents is 1. The van der Waals surface area contributed by atoms with E-state index in [-0.39, 0.29) is 11.6 Å². The first-order valence-corrected chi connectivity index (χ1v) is 8.74. The van der Waals surface area contributed by atoms with Crippen molar-refractivity contribution in [2.45, 2.75) is 13.0 Å². The van der Waals surface area contributed by atoms with Crippen LogP contribution in [-0.4, -0.2) is 16.9 Å². The predicted octanol–water partition coefficient (Wildman–Crippen LogP) is 3.62. The topological polar surface area (TPSA) is 113 Å². The molecular formula is C18H15BrN4O4. The molecule has 1 aliphatic heterocycles. The van der Waals surface area contributed by atoms with Crippen LogP contribution in [-0.2, 0) is 4.79 Å². The quantitative estimate of drug-likeness (QED) is 0.507. The first kappa shape index (κ1) is 18.6. The van der Waals surface area contributed by atoms with E-state index >= 15 is 0 Å². The molecule has 3 N–H and O–H groups in total. The van der Waals surface area contributed by atoms with Crippen molar-refractivity contribution in [2.75, 3.05) is 5.32 Å². The number of carbonyl (C=O) groups excluding carboxylic acids is 2. The maximum Gasteiger partial charge on any atom is 0.319 e. The van der Waals surface area contributed by atoms with Gasteiger partial charge in [-0.05, 0) is 48.9 Å². The minimum absolute atomic E-state index is 0.0689. The molecule has 0 fully saturated rings. The summed E-state index contributed by atoms with van der Waals surface area (Å²) in [4.78, 5) is 35.1. The van der Waals surface area contributed by atoms with Crippen LogP contribution in [0.5, 0.6) is 0 Å².